The van der Waals surface area contributed by atoms with Gasteiger partial charge in [0, 0.05) is 30.5 Å². The first-order valence-electron chi connectivity index (χ1n) is 7.96. The van der Waals surface area contributed by atoms with E-state index in [1.54, 1.807) is 12.3 Å². The molecule has 1 aliphatic heterocycles. The van der Waals surface area contributed by atoms with Gasteiger partial charge < -0.3 is 4.90 Å². The van der Waals surface area contributed by atoms with Gasteiger partial charge in [-0.1, -0.05) is 12.1 Å². The number of rotatable bonds is 2. The van der Waals surface area contributed by atoms with Gasteiger partial charge in [-0.2, -0.15) is 0 Å². The molecular weight excluding hydrogens is 293 g/mol. The minimum absolute atomic E-state index is 0.279. The number of hydrogen-bond acceptors (Lipinski definition) is 4. The smallest absolute Gasteiger partial charge is 0.204 e. The number of piperidine rings is 1. The Labute approximate surface area is 133 Å². The standard InChI is InChI=1S/C17H18FN5/c1-12-5-2-3-9-22(12)16-17-21-20-15(23(17)10-8-19-16)13-6-4-7-14(18)11-13/h4,6-8,10-12H,2-3,5,9H2,1H3. The third kappa shape index (κ3) is 2.44. The van der Waals surface area contributed by atoms with Gasteiger partial charge >= 0.3 is 0 Å². The molecule has 3 heterocycles. The Balaban J connectivity index is 1.83. The molecule has 5 nitrogen and oxygen atoms in total. The van der Waals surface area contributed by atoms with Crippen LogP contribution in [0.4, 0.5) is 10.2 Å². The van der Waals surface area contributed by atoms with E-state index in [2.05, 4.69) is 27.0 Å². The Hall–Kier alpha value is -2.50. The molecule has 23 heavy (non-hydrogen) atoms. The summed E-state index contributed by atoms with van der Waals surface area (Å²) in [6.45, 7) is 3.20. The van der Waals surface area contributed by atoms with E-state index in [0.717, 1.165) is 30.9 Å². The molecule has 1 fully saturated rings. The Bertz CT molecular complexity index is 844. The third-order valence-corrected chi connectivity index (χ3v) is 4.47. The van der Waals surface area contributed by atoms with Crippen molar-refractivity contribution in [3.8, 4) is 11.4 Å². The zero-order valence-electron chi connectivity index (χ0n) is 13.0. The van der Waals surface area contributed by atoms with Crippen molar-refractivity contribution in [2.24, 2.45) is 0 Å². The Kier molecular flexibility index (Phi) is 3.44. The monoisotopic (exact) mass is 311 g/mol. The maximum Gasteiger partial charge on any atom is 0.204 e. The summed E-state index contributed by atoms with van der Waals surface area (Å²) >= 11 is 0. The summed E-state index contributed by atoms with van der Waals surface area (Å²) in [6.07, 6.45) is 7.16. The maximum atomic E-state index is 13.5. The van der Waals surface area contributed by atoms with E-state index in [9.17, 15) is 4.39 Å². The topological polar surface area (TPSA) is 46.3 Å². The highest BCUT2D eigenvalue weighted by Gasteiger charge is 2.23. The summed E-state index contributed by atoms with van der Waals surface area (Å²) in [6, 6.07) is 6.86. The fourth-order valence-electron chi connectivity index (χ4n) is 3.25. The number of fused-ring (bicyclic) bond motifs is 1. The highest BCUT2D eigenvalue weighted by atomic mass is 19.1. The molecule has 1 saturated heterocycles. The zero-order chi connectivity index (χ0) is 15.8. The fraction of sp³-hybridized carbons (Fsp3) is 0.353. The Morgan fingerprint density at radius 1 is 1.22 bits per heavy atom. The Morgan fingerprint density at radius 3 is 2.96 bits per heavy atom. The van der Waals surface area contributed by atoms with Crippen LogP contribution in [0.5, 0.6) is 0 Å². The number of benzene rings is 1. The summed E-state index contributed by atoms with van der Waals surface area (Å²) in [7, 11) is 0. The van der Waals surface area contributed by atoms with Gasteiger partial charge in [0.15, 0.2) is 11.6 Å². The molecule has 0 saturated carbocycles. The molecule has 4 rings (SSSR count). The van der Waals surface area contributed by atoms with E-state index in [0.29, 0.717) is 17.4 Å². The van der Waals surface area contributed by atoms with Gasteiger partial charge in [-0.15, -0.1) is 10.2 Å². The zero-order valence-corrected chi connectivity index (χ0v) is 13.0. The number of aromatic nitrogens is 4. The van der Waals surface area contributed by atoms with Crippen LogP contribution < -0.4 is 4.90 Å². The Morgan fingerprint density at radius 2 is 2.13 bits per heavy atom. The van der Waals surface area contributed by atoms with Crippen molar-refractivity contribution in [1.82, 2.24) is 19.6 Å². The van der Waals surface area contributed by atoms with E-state index in [1.165, 1.54) is 18.6 Å². The molecule has 1 aromatic carbocycles. The van der Waals surface area contributed by atoms with Crippen molar-refractivity contribution in [2.45, 2.75) is 32.2 Å². The molecule has 0 spiro atoms. The van der Waals surface area contributed by atoms with E-state index < -0.39 is 0 Å². The highest BCUT2D eigenvalue weighted by molar-refractivity contribution is 5.69. The molecule has 0 amide bonds. The van der Waals surface area contributed by atoms with Gasteiger partial charge in [-0.25, -0.2) is 9.37 Å². The maximum absolute atomic E-state index is 13.5. The average molecular weight is 311 g/mol. The number of halogens is 1. The van der Waals surface area contributed by atoms with Crippen molar-refractivity contribution in [3.05, 3.63) is 42.5 Å². The second-order valence-corrected chi connectivity index (χ2v) is 6.02. The largest absolute Gasteiger partial charge is 0.351 e. The molecule has 0 N–H and O–H groups in total. The van der Waals surface area contributed by atoms with E-state index in [4.69, 9.17) is 0 Å². The lowest BCUT2D eigenvalue weighted by molar-refractivity contribution is 0.481. The van der Waals surface area contributed by atoms with Crippen LogP contribution in [0, 0.1) is 5.82 Å². The summed E-state index contributed by atoms with van der Waals surface area (Å²) in [4.78, 5) is 6.83. The summed E-state index contributed by atoms with van der Waals surface area (Å²) in [5.74, 6) is 1.21. The van der Waals surface area contributed by atoms with Crippen molar-refractivity contribution < 1.29 is 4.39 Å². The van der Waals surface area contributed by atoms with Gasteiger partial charge in [0.25, 0.3) is 0 Å². The molecule has 3 aromatic rings. The number of hydrogen-bond donors (Lipinski definition) is 0. The van der Waals surface area contributed by atoms with Crippen LogP contribution in [0.2, 0.25) is 0 Å². The van der Waals surface area contributed by atoms with Crippen molar-refractivity contribution in [1.29, 1.82) is 0 Å². The first kappa shape index (κ1) is 14.1. The van der Waals surface area contributed by atoms with Gasteiger partial charge in [-0.05, 0) is 38.3 Å². The lowest BCUT2D eigenvalue weighted by Gasteiger charge is -2.34. The highest BCUT2D eigenvalue weighted by Crippen LogP contribution is 2.28. The van der Waals surface area contributed by atoms with Crippen LogP contribution in [0.15, 0.2) is 36.7 Å². The van der Waals surface area contributed by atoms with Crippen LogP contribution in [-0.4, -0.2) is 32.2 Å². The molecule has 6 heteroatoms. The normalized spacial score (nSPS) is 18.5. The lowest BCUT2D eigenvalue weighted by Crippen LogP contribution is -2.38. The van der Waals surface area contributed by atoms with E-state index in [1.807, 2.05) is 16.7 Å². The van der Waals surface area contributed by atoms with Crippen LogP contribution in [0.1, 0.15) is 26.2 Å². The van der Waals surface area contributed by atoms with Crippen molar-refractivity contribution >= 4 is 11.5 Å². The molecule has 0 bridgehead atoms. The third-order valence-electron chi connectivity index (χ3n) is 4.47. The predicted molar refractivity (Wildman–Crippen MR) is 86.8 cm³/mol. The quantitative estimate of drug-likeness (QED) is 0.728. The van der Waals surface area contributed by atoms with E-state index >= 15 is 0 Å². The summed E-state index contributed by atoms with van der Waals surface area (Å²) < 4.78 is 15.4. The van der Waals surface area contributed by atoms with Crippen LogP contribution in [0.25, 0.3) is 17.0 Å². The molecule has 1 unspecified atom stereocenters. The second-order valence-electron chi connectivity index (χ2n) is 6.02. The van der Waals surface area contributed by atoms with Crippen LogP contribution in [-0.2, 0) is 0 Å². The predicted octanol–water partition coefficient (Wildman–Crippen LogP) is 3.31. The van der Waals surface area contributed by atoms with Crippen LogP contribution >= 0.6 is 0 Å². The molecule has 0 aliphatic carbocycles. The minimum Gasteiger partial charge on any atom is -0.351 e. The molecule has 2 aromatic heterocycles. The molecule has 0 radical (unpaired) electrons. The second kappa shape index (κ2) is 5.61. The molecule has 1 aliphatic rings. The summed E-state index contributed by atoms with van der Waals surface area (Å²) in [5.41, 5.74) is 1.43. The minimum atomic E-state index is -0.279. The van der Waals surface area contributed by atoms with Gasteiger partial charge in [-0.3, -0.25) is 4.40 Å². The number of nitrogens with zero attached hydrogens (tertiary/aromatic N) is 5. The first-order chi connectivity index (χ1) is 11.2. The average Bonchev–Trinajstić information content (AvgIpc) is 2.99. The summed E-state index contributed by atoms with van der Waals surface area (Å²) in [5, 5.41) is 8.59. The molecular formula is C17H18FN5. The molecule has 118 valence electrons. The molecule has 1 atom stereocenters. The van der Waals surface area contributed by atoms with E-state index in [-0.39, 0.29) is 5.82 Å². The SMILES string of the molecule is CC1CCCCN1c1nccn2c(-c3cccc(F)c3)nnc12. The fourth-order valence-corrected chi connectivity index (χ4v) is 3.25. The number of anilines is 1. The van der Waals surface area contributed by atoms with Crippen LogP contribution in [0.3, 0.4) is 0 Å². The lowest BCUT2D eigenvalue weighted by atomic mass is 10.0. The van der Waals surface area contributed by atoms with Crippen molar-refractivity contribution in [3.63, 3.8) is 0 Å². The van der Waals surface area contributed by atoms with Gasteiger partial charge in [0.05, 0.1) is 0 Å². The first-order valence-corrected chi connectivity index (χ1v) is 7.96. The van der Waals surface area contributed by atoms with Crippen molar-refractivity contribution in [2.75, 3.05) is 11.4 Å². The van der Waals surface area contributed by atoms with Gasteiger partial charge in [0.2, 0.25) is 5.65 Å². The van der Waals surface area contributed by atoms with Gasteiger partial charge in [0.1, 0.15) is 5.82 Å².